The molecule has 0 bridgehead atoms. The molecule has 2 aromatic rings. The third-order valence-corrected chi connectivity index (χ3v) is 8.49. The maximum Gasteiger partial charge on any atom is 0.176 e. The molecular formula is C21H23Cl2N5S. The van der Waals surface area contributed by atoms with E-state index in [1.54, 1.807) is 12.3 Å². The van der Waals surface area contributed by atoms with Gasteiger partial charge in [-0.05, 0) is 43.2 Å². The molecule has 152 valence electrons. The molecule has 1 saturated carbocycles. The van der Waals surface area contributed by atoms with Gasteiger partial charge in [0.2, 0.25) is 0 Å². The lowest BCUT2D eigenvalue weighted by atomic mass is 9.74. The number of likely N-dealkylation sites (tertiary alicyclic amines) is 1. The van der Waals surface area contributed by atoms with Crippen molar-refractivity contribution >= 4 is 46.6 Å². The van der Waals surface area contributed by atoms with Gasteiger partial charge in [-0.25, -0.2) is 15.0 Å². The number of hydrogen-bond donors (Lipinski definition) is 1. The van der Waals surface area contributed by atoms with Crippen molar-refractivity contribution in [1.82, 2.24) is 14.9 Å². The van der Waals surface area contributed by atoms with Crippen LogP contribution in [0.25, 0.3) is 0 Å². The predicted molar refractivity (Wildman–Crippen MR) is 118 cm³/mol. The van der Waals surface area contributed by atoms with Crippen LogP contribution in [0.3, 0.4) is 0 Å². The molecule has 1 aromatic heterocycles. The Kier molecular flexibility index (Phi) is 5.23. The molecule has 0 unspecified atom stereocenters. The number of hydrogen-bond acceptors (Lipinski definition) is 6. The van der Waals surface area contributed by atoms with E-state index in [0.29, 0.717) is 21.5 Å². The second-order valence-electron chi connectivity index (χ2n) is 8.19. The van der Waals surface area contributed by atoms with E-state index in [1.807, 2.05) is 12.1 Å². The lowest BCUT2D eigenvalue weighted by molar-refractivity contribution is 0.134. The van der Waals surface area contributed by atoms with Crippen LogP contribution in [0.2, 0.25) is 10.0 Å². The highest BCUT2D eigenvalue weighted by Crippen LogP contribution is 2.46. The first-order chi connectivity index (χ1) is 14.0. The van der Waals surface area contributed by atoms with E-state index in [2.05, 4.69) is 9.88 Å². The second kappa shape index (κ2) is 7.73. The minimum atomic E-state index is 0.360. The van der Waals surface area contributed by atoms with Gasteiger partial charge < -0.3 is 10.6 Å². The van der Waals surface area contributed by atoms with Gasteiger partial charge in [-0.15, -0.1) is 0 Å². The predicted octanol–water partition coefficient (Wildman–Crippen LogP) is 5.11. The molecule has 2 N–H and O–H groups in total. The standard InChI is InChI=1S/C21H23Cl2N5S/c22-13-3-1-4-15(19(13)23)29-18-12-25-20-14(26-18)11-17(27-20)28-9-7-21(8-10-28)6-2-5-16(21)24/h1,3-4,12,16H,2,5-11,24H2/t16-/m1/s1. The van der Waals surface area contributed by atoms with Gasteiger partial charge in [0.15, 0.2) is 5.82 Å². The Balaban J connectivity index is 1.27. The van der Waals surface area contributed by atoms with Gasteiger partial charge in [0.1, 0.15) is 10.9 Å². The van der Waals surface area contributed by atoms with E-state index in [9.17, 15) is 0 Å². The summed E-state index contributed by atoms with van der Waals surface area (Å²) >= 11 is 13.9. The number of nitrogens with two attached hydrogens (primary N) is 1. The van der Waals surface area contributed by atoms with Crippen LogP contribution in [0.1, 0.15) is 37.8 Å². The average molecular weight is 448 g/mol. The molecule has 2 fully saturated rings. The van der Waals surface area contributed by atoms with Crippen molar-refractivity contribution < 1.29 is 0 Å². The lowest BCUT2D eigenvalue weighted by Gasteiger charge is -2.42. The van der Waals surface area contributed by atoms with Gasteiger partial charge in [-0.3, -0.25) is 0 Å². The maximum atomic E-state index is 6.42. The smallest absolute Gasteiger partial charge is 0.176 e. The van der Waals surface area contributed by atoms with Gasteiger partial charge in [0.05, 0.1) is 28.4 Å². The average Bonchev–Trinajstić information content (AvgIpc) is 3.30. The van der Waals surface area contributed by atoms with Crippen LogP contribution in [0, 0.1) is 5.41 Å². The summed E-state index contributed by atoms with van der Waals surface area (Å²) in [5, 5.41) is 1.89. The summed E-state index contributed by atoms with van der Waals surface area (Å²) in [4.78, 5) is 17.4. The molecule has 3 heterocycles. The van der Waals surface area contributed by atoms with Gasteiger partial charge in [-0.2, -0.15) is 0 Å². The zero-order chi connectivity index (χ0) is 20.0. The number of halogens is 2. The highest BCUT2D eigenvalue weighted by molar-refractivity contribution is 7.99. The summed E-state index contributed by atoms with van der Waals surface area (Å²) in [5.74, 6) is 1.82. The maximum absolute atomic E-state index is 6.42. The molecule has 5 rings (SSSR count). The van der Waals surface area contributed by atoms with Crippen molar-refractivity contribution in [3.05, 3.63) is 40.1 Å². The van der Waals surface area contributed by atoms with Crippen molar-refractivity contribution in [2.45, 2.75) is 54.5 Å². The molecular weight excluding hydrogens is 425 g/mol. The van der Waals surface area contributed by atoms with Crippen molar-refractivity contribution in [1.29, 1.82) is 0 Å². The Morgan fingerprint density at radius 3 is 2.76 bits per heavy atom. The first-order valence-corrected chi connectivity index (χ1v) is 11.7. The molecule has 8 heteroatoms. The Labute approximate surface area is 185 Å². The third-order valence-electron chi connectivity index (χ3n) is 6.59. The number of amidine groups is 1. The number of nitrogens with zero attached hydrogens (tertiary/aromatic N) is 4. The number of rotatable bonds is 2. The Hall–Kier alpha value is -1.34. The SMILES string of the molecule is N[C@@H]1CCCC12CCN(C1=Nc3ncc(Sc4cccc(Cl)c4Cl)nc3C1)CC2. The van der Waals surface area contributed by atoms with E-state index >= 15 is 0 Å². The number of aromatic nitrogens is 2. The number of benzene rings is 1. The monoisotopic (exact) mass is 447 g/mol. The first kappa shape index (κ1) is 19.6. The number of aliphatic imine (C=N–C) groups is 1. The van der Waals surface area contributed by atoms with Gasteiger partial charge in [0.25, 0.3) is 0 Å². The van der Waals surface area contributed by atoms with Crippen molar-refractivity contribution in [3.8, 4) is 0 Å². The number of piperidine rings is 1. The van der Waals surface area contributed by atoms with Crippen LogP contribution >= 0.6 is 35.0 Å². The van der Waals surface area contributed by atoms with E-state index < -0.39 is 0 Å². The molecule has 1 saturated heterocycles. The van der Waals surface area contributed by atoms with Crippen molar-refractivity contribution in [3.63, 3.8) is 0 Å². The van der Waals surface area contributed by atoms with Crippen LogP contribution in [0.5, 0.6) is 0 Å². The summed E-state index contributed by atoms with van der Waals surface area (Å²) < 4.78 is 0. The minimum Gasteiger partial charge on any atom is -0.360 e. The fourth-order valence-electron chi connectivity index (χ4n) is 4.83. The van der Waals surface area contributed by atoms with E-state index in [4.69, 9.17) is 38.9 Å². The third kappa shape index (κ3) is 3.65. The molecule has 0 amide bonds. The van der Waals surface area contributed by atoms with E-state index in [-0.39, 0.29) is 0 Å². The lowest BCUT2D eigenvalue weighted by Crippen LogP contribution is -2.48. The molecule has 29 heavy (non-hydrogen) atoms. The van der Waals surface area contributed by atoms with Crippen LogP contribution in [-0.4, -0.2) is 39.8 Å². The Morgan fingerprint density at radius 1 is 1.17 bits per heavy atom. The topological polar surface area (TPSA) is 67.4 Å². The van der Waals surface area contributed by atoms with Crippen LogP contribution in [0.4, 0.5) is 5.82 Å². The van der Waals surface area contributed by atoms with Gasteiger partial charge in [-0.1, -0.05) is 47.5 Å². The van der Waals surface area contributed by atoms with Gasteiger partial charge >= 0.3 is 0 Å². The molecule has 0 radical (unpaired) electrons. The zero-order valence-electron chi connectivity index (χ0n) is 16.1. The minimum absolute atomic E-state index is 0.360. The summed E-state index contributed by atoms with van der Waals surface area (Å²) in [6.45, 7) is 2.06. The summed E-state index contributed by atoms with van der Waals surface area (Å²) in [6.07, 6.45) is 8.56. The summed E-state index contributed by atoms with van der Waals surface area (Å²) in [6, 6.07) is 5.97. The highest BCUT2D eigenvalue weighted by Gasteiger charge is 2.43. The summed E-state index contributed by atoms with van der Waals surface area (Å²) in [7, 11) is 0. The quantitative estimate of drug-likeness (QED) is 0.691. The molecule has 5 nitrogen and oxygen atoms in total. The first-order valence-electron chi connectivity index (χ1n) is 10.1. The van der Waals surface area contributed by atoms with Crippen molar-refractivity contribution in [2.24, 2.45) is 16.1 Å². The van der Waals surface area contributed by atoms with E-state index in [0.717, 1.165) is 46.8 Å². The fourth-order valence-corrected chi connectivity index (χ4v) is 6.14. The fraction of sp³-hybridized carbons (Fsp3) is 0.476. The van der Waals surface area contributed by atoms with Crippen LogP contribution in [0.15, 0.2) is 39.3 Å². The molecule has 3 aliphatic rings. The number of fused-ring (bicyclic) bond motifs is 1. The Bertz CT molecular complexity index is 972. The zero-order valence-corrected chi connectivity index (χ0v) is 18.4. The summed E-state index contributed by atoms with van der Waals surface area (Å²) in [5.41, 5.74) is 7.72. The van der Waals surface area contributed by atoms with Crippen molar-refractivity contribution in [2.75, 3.05) is 13.1 Å². The van der Waals surface area contributed by atoms with E-state index in [1.165, 1.54) is 43.9 Å². The van der Waals surface area contributed by atoms with Crippen LogP contribution in [-0.2, 0) is 6.42 Å². The second-order valence-corrected chi connectivity index (χ2v) is 10.0. The molecule has 1 aliphatic carbocycles. The Morgan fingerprint density at radius 2 is 2.00 bits per heavy atom. The highest BCUT2D eigenvalue weighted by atomic mass is 35.5. The molecule has 1 aromatic carbocycles. The molecule has 1 spiro atoms. The largest absolute Gasteiger partial charge is 0.360 e. The normalized spacial score (nSPS) is 22.8. The molecule has 2 aliphatic heterocycles. The molecule has 1 atom stereocenters. The van der Waals surface area contributed by atoms with Gasteiger partial charge in [0, 0.05) is 24.0 Å². The van der Waals surface area contributed by atoms with Crippen LogP contribution < -0.4 is 5.73 Å².